The molecule has 1 saturated carbocycles. The van der Waals surface area contributed by atoms with E-state index in [1.807, 2.05) is 11.3 Å². The molecule has 422 valence electrons. The average molecular weight is 1110 g/mol. The van der Waals surface area contributed by atoms with Crippen molar-refractivity contribution in [1.82, 2.24) is 0 Å². The maximum atomic E-state index is 2.94. The van der Waals surface area contributed by atoms with Crippen LogP contribution in [0.15, 0.2) is 164 Å². The van der Waals surface area contributed by atoms with Gasteiger partial charge in [0.05, 0.1) is 22.6 Å². The molecular weight excluding hydrogens is 1020 g/mol. The Morgan fingerprint density at radius 2 is 0.928 bits per heavy atom. The zero-order chi connectivity index (χ0) is 58.7. The summed E-state index contributed by atoms with van der Waals surface area (Å²) in [5.74, 6) is 0. The lowest BCUT2D eigenvalue weighted by Crippen LogP contribution is -2.64. The van der Waals surface area contributed by atoms with E-state index in [9.17, 15) is 0 Å². The average Bonchev–Trinajstić information content (AvgIpc) is 1.58. The second kappa shape index (κ2) is 18.8. The summed E-state index contributed by atoms with van der Waals surface area (Å²) in [5, 5.41) is 1.31. The van der Waals surface area contributed by atoms with Crippen LogP contribution >= 0.6 is 11.3 Å². The fraction of sp³-hybridized carbons (Fsp3) is 0.359. The van der Waals surface area contributed by atoms with Crippen molar-refractivity contribution in [3.63, 3.8) is 0 Å². The van der Waals surface area contributed by atoms with Gasteiger partial charge in [0.25, 0.3) is 6.71 Å². The number of anilines is 8. The summed E-state index contributed by atoms with van der Waals surface area (Å²) in [5.41, 5.74) is 25.6. The third-order valence-corrected chi connectivity index (χ3v) is 21.2. The number of benzene rings is 8. The quantitative estimate of drug-likeness (QED) is 0.154. The third kappa shape index (κ3) is 8.78. The van der Waals surface area contributed by atoms with Gasteiger partial charge >= 0.3 is 0 Å². The van der Waals surface area contributed by atoms with Crippen LogP contribution in [0.2, 0.25) is 0 Å². The van der Waals surface area contributed by atoms with Gasteiger partial charge in [0.2, 0.25) is 0 Å². The zero-order valence-corrected chi connectivity index (χ0v) is 53.6. The third-order valence-electron chi connectivity index (χ3n) is 20.0. The zero-order valence-electron chi connectivity index (χ0n) is 52.7. The fourth-order valence-electron chi connectivity index (χ4n) is 14.7. The Kier molecular flexibility index (Phi) is 12.6. The Bertz CT molecular complexity index is 3900. The second-order valence-corrected chi connectivity index (χ2v) is 31.7. The lowest BCUT2D eigenvalue weighted by molar-refractivity contribution is 0.195. The van der Waals surface area contributed by atoms with Gasteiger partial charge in [0, 0.05) is 59.8 Å². The number of hydrogen-bond donors (Lipinski definition) is 0. The molecular formula is C78H86BN3S. The molecule has 1 aliphatic carbocycles. The molecule has 1 fully saturated rings. The number of thiophene rings is 1. The van der Waals surface area contributed by atoms with Crippen molar-refractivity contribution in [3.05, 3.63) is 197 Å². The lowest BCUT2D eigenvalue weighted by atomic mass is 9.36. The van der Waals surface area contributed by atoms with Crippen molar-refractivity contribution < 1.29 is 0 Å². The molecule has 5 heteroatoms. The highest BCUT2D eigenvalue weighted by Gasteiger charge is 2.62. The number of nitrogens with zero attached hydrogens (tertiary/aromatic N) is 3. The molecule has 9 aromatic rings. The molecule has 3 nitrogen and oxygen atoms in total. The summed E-state index contributed by atoms with van der Waals surface area (Å²) in [4.78, 5) is 8.33. The molecule has 83 heavy (non-hydrogen) atoms. The number of fused-ring (bicyclic) bond motifs is 9. The molecule has 4 aliphatic rings. The van der Waals surface area contributed by atoms with Crippen LogP contribution in [0.1, 0.15) is 177 Å². The molecule has 4 heterocycles. The number of hydrogen-bond acceptors (Lipinski definition) is 4. The van der Waals surface area contributed by atoms with Gasteiger partial charge in [0.15, 0.2) is 0 Å². The summed E-state index contributed by atoms with van der Waals surface area (Å²) in [7, 11) is 0. The highest BCUT2D eigenvalue weighted by atomic mass is 32.1. The van der Waals surface area contributed by atoms with Crippen LogP contribution in [-0.4, -0.2) is 12.3 Å². The first-order valence-corrected chi connectivity index (χ1v) is 31.7. The molecule has 2 atom stereocenters. The van der Waals surface area contributed by atoms with E-state index in [0.717, 1.165) is 29.9 Å². The van der Waals surface area contributed by atoms with Crippen molar-refractivity contribution in [1.29, 1.82) is 0 Å². The van der Waals surface area contributed by atoms with E-state index in [-0.39, 0.29) is 44.7 Å². The van der Waals surface area contributed by atoms with Crippen molar-refractivity contribution in [2.75, 3.05) is 14.7 Å². The molecule has 3 aliphatic heterocycles. The minimum atomic E-state index is -0.185. The predicted octanol–water partition coefficient (Wildman–Crippen LogP) is 20.5. The highest BCUT2D eigenvalue weighted by molar-refractivity contribution is 7.33. The first-order valence-electron chi connectivity index (χ1n) is 30.9. The van der Waals surface area contributed by atoms with Gasteiger partial charge in [-0.15, -0.1) is 11.3 Å². The minimum Gasteiger partial charge on any atom is -0.335 e. The summed E-state index contributed by atoms with van der Waals surface area (Å²) in [6.45, 7) is 40.7. The van der Waals surface area contributed by atoms with E-state index in [4.69, 9.17) is 0 Å². The number of rotatable bonds is 6. The first kappa shape index (κ1) is 55.4. The lowest BCUT2D eigenvalue weighted by Gasteiger charge is -2.53. The highest BCUT2D eigenvalue weighted by Crippen LogP contribution is 2.64. The molecule has 1 aromatic heterocycles. The standard InChI is InChI=1S/C78H86BN3S/c1-72(2,3)51-30-35-56(36-31-51)80(57-37-32-52(33-38-57)73(4,5)6)58-47-64-67-65(48-58)82-70-62(77(16)40-24-25-41-78(77,82)17)44-55(76(13,14)15)45-63(70)79(67)71-69(59-39-34-53(74(7,8)9)46-66(59)83-71)81(64)68-60(49-26-20-18-21-27-49)42-54(75(10,11)12)43-61(68)50-28-22-19-23-29-50/h18-23,26-39,42-48H,24-25,40-41H2,1-17H3. The molecule has 8 aromatic carbocycles. The molecule has 0 radical (unpaired) electrons. The van der Waals surface area contributed by atoms with Crippen LogP contribution in [-0.2, 0) is 32.5 Å². The maximum Gasteiger partial charge on any atom is 0.264 e. The minimum absolute atomic E-state index is 0.00312. The largest absolute Gasteiger partial charge is 0.335 e. The maximum absolute atomic E-state index is 2.94. The summed E-state index contributed by atoms with van der Waals surface area (Å²) in [6, 6.07) is 64.7. The van der Waals surface area contributed by atoms with Crippen molar-refractivity contribution in [2.24, 2.45) is 0 Å². The van der Waals surface area contributed by atoms with Crippen LogP contribution in [0.25, 0.3) is 32.3 Å². The Hall–Kier alpha value is -6.82. The summed E-state index contributed by atoms with van der Waals surface area (Å²) >= 11 is 2.05. The van der Waals surface area contributed by atoms with E-state index < -0.39 is 0 Å². The fourth-order valence-corrected chi connectivity index (χ4v) is 16.1. The van der Waals surface area contributed by atoms with Gasteiger partial charge < -0.3 is 14.7 Å². The van der Waals surface area contributed by atoms with E-state index >= 15 is 0 Å². The van der Waals surface area contributed by atoms with Crippen molar-refractivity contribution in [3.8, 4) is 22.3 Å². The van der Waals surface area contributed by atoms with E-state index in [1.54, 1.807) is 5.56 Å². The van der Waals surface area contributed by atoms with E-state index in [0.29, 0.717) is 0 Å². The Labute approximate surface area is 501 Å². The second-order valence-electron chi connectivity index (χ2n) is 30.6. The van der Waals surface area contributed by atoms with Gasteiger partial charge in [-0.05, 0) is 157 Å². The Morgan fingerprint density at radius 3 is 1.45 bits per heavy atom. The molecule has 13 rings (SSSR count). The van der Waals surface area contributed by atoms with Crippen LogP contribution in [0, 0.1) is 0 Å². The smallest absolute Gasteiger partial charge is 0.264 e. The summed E-state index contributed by atoms with van der Waals surface area (Å²) in [6.07, 6.45) is 4.73. The topological polar surface area (TPSA) is 9.72 Å². The van der Waals surface area contributed by atoms with Gasteiger partial charge in [-0.3, -0.25) is 0 Å². The Morgan fingerprint density at radius 1 is 0.446 bits per heavy atom. The molecule has 0 spiro atoms. The van der Waals surface area contributed by atoms with Crippen molar-refractivity contribution >= 4 is 89.3 Å². The predicted molar refractivity (Wildman–Crippen MR) is 363 cm³/mol. The Balaban J connectivity index is 1.24. The van der Waals surface area contributed by atoms with Crippen LogP contribution in [0.4, 0.5) is 45.5 Å². The first-order chi connectivity index (χ1) is 39.1. The van der Waals surface area contributed by atoms with E-state index in [2.05, 4.69) is 296 Å². The SMILES string of the molecule is CC(C)(C)c1ccc(N(c2ccc(C(C)(C)C)cc2)c2cc3c4c(c2)N2c5c(cc(C(C)(C)C)cc5C5(C)CCCCC25C)B4c2sc4cc(C(C)(C)C)ccc4c2N3c2c(-c3ccccc3)cc(C(C)(C)C)cc2-c2ccccc2)cc1. The summed E-state index contributed by atoms with van der Waals surface area (Å²) < 4.78 is 2.77. The van der Waals surface area contributed by atoms with Gasteiger partial charge in [-0.1, -0.05) is 233 Å². The van der Waals surface area contributed by atoms with Crippen molar-refractivity contribution in [2.45, 2.75) is 181 Å². The van der Waals surface area contributed by atoms with Crippen LogP contribution in [0.5, 0.6) is 0 Å². The molecule has 0 bridgehead atoms. The molecule has 0 N–H and O–H groups in total. The molecule has 0 amide bonds. The van der Waals surface area contributed by atoms with Gasteiger partial charge in [-0.25, -0.2) is 0 Å². The monoisotopic (exact) mass is 1110 g/mol. The van der Waals surface area contributed by atoms with E-state index in [1.165, 1.54) is 117 Å². The molecule has 2 unspecified atom stereocenters. The normalized spacial score (nSPS) is 18.5. The van der Waals surface area contributed by atoms with Gasteiger partial charge in [0.1, 0.15) is 0 Å². The van der Waals surface area contributed by atoms with Gasteiger partial charge in [-0.2, -0.15) is 0 Å². The van der Waals surface area contributed by atoms with Crippen LogP contribution in [0.3, 0.4) is 0 Å². The molecule has 0 saturated heterocycles. The van der Waals surface area contributed by atoms with Crippen LogP contribution < -0.4 is 30.4 Å².